The van der Waals surface area contributed by atoms with Gasteiger partial charge >= 0.3 is 0 Å². The van der Waals surface area contributed by atoms with Crippen LogP contribution in [0.15, 0.2) is 42.0 Å². The van der Waals surface area contributed by atoms with E-state index in [2.05, 4.69) is 5.32 Å². The fourth-order valence-electron chi connectivity index (χ4n) is 2.88. The summed E-state index contributed by atoms with van der Waals surface area (Å²) in [4.78, 5) is 12.4. The lowest BCUT2D eigenvalue weighted by Gasteiger charge is -2.11. The van der Waals surface area contributed by atoms with Crippen LogP contribution in [-0.4, -0.2) is 18.6 Å². The summed E-state index contributed by atoms with van der Waals surface area (Å²) in [5, 5.41) is 12.0. The minimum absolute atomic E-state index is 0.0749. The molecule has 0 saturated heterocycles. The van der Waals surface area contributed by atoms with E-state index in [4.69, 9.17) is 9.47 Å². The summed E-state index contributed by atoms with van der Waals surface area (Å²) in [6.07, 6.45) is 2.33. The number of hydrogen-bond acceptors (Lipinski definition) is 4. The monoisotopic (exact) mass is 366 g/mol. The van der Waals surface area contributed by atoms with Gasteiger partial charge in [-0.25, -0.2) is 4.39 Å². The molecule has 1 aliphatic heterocycles. The number of rotatable bonds is 5. The van der Waals surface area contributed by atoms with E-state index < -0.39 is 11.7 Å². The van der Waals surface area contributed by atoms with Crippen molar-refractivity contribution in [1.82, 2.24) is 0 Å². The summed E-state index contributed by atoms with van der Waals surface area (Å²) in [5.74, 6) is 0.337. The van der Waals surface area contributed by atoms with Gasteiger partial charge in [0.15, 0.2) is 0 Å². The summed E-state index contributed by atoms with van der Waals surface area (Å²) >= 11 is 0. The van der Waals surface area contributed by atoms with Gasteiger partial charge in [0.1, 0.15) is 35.1 Å². The van der Waals surface area contributed by atoms with E-state index in [-0.39, 0.29) is 11.7 Å². The van der Waals surface area contributed by atoms with Gasteiger partial charge in [0.2, 0.25) is 0 Å². The molecule has 0 radical (unpaired) electrons. The summed E-state index contributed by atoms with van der Waals surface area (Å²) in [6, 6.07) is 10.9. The number of carbonyl (C=O) groups excluding carboxylic acids is 1. The number of hydrogen-bond donors (Lipinski definition) is 1. The molecule has 27 heavy (non-hydrogen) atoms. The van der Waals surface area contributed by atoms with Gasteiger partial charge in [0.25, 0.3) is 5.91 Å². The Hall–Kier alpha value is -3.33. The van der Waals surface area contributed by atoms with E-state index in [1.165, 1.54) is 30.3 Å². The number of nitrogens with zero attached hydrogens (tertiary/aromatic N) is 1. The highest BCUT2D eigenvalue weighted by atomic mass is 19.1. The minimum Gasteiger partial charge on any atom is -0.493 e. The Morgan fingerprint density at radius 3 is 2.81 bits per heavy atom. The van der Waals surface area contributed by atoms with Crippen LogP contribution in [0, 0.1) is 17.1 Å². The first kappa shape index (κ1) is 18.5. The molecule has 0 bridgehead atoms. The first-order valence-corrected chi connectivity index (χ1v) is 8.65. The summed E-state index contributed by atoms with van der Waals surface area (Å²) in [7, 11) is 0. The Morgan fingerprint density at radius 2 is 2.15 bits per heavy atom. The van der Waals surface area contributed by atoms with Crippen molar-refractivity contribution in [2.24, 2.45) is 0 Å². The van der Waals surface area contributed by atoms with E-state index in [0.717, 1.165) is 17.7 Å². The number of carbonyl (C=O) groups is 1. The Bertz CT molecular complexity index is 930. The fraction of sp³-hybridized carbons (Fsp3) is 0.238. The van der Waals surface area contributed by atoms with Gasteiger partial charge in [-0.3, -0.25) is 4.79 Å². The second kappa shape index (κ2) is 7.92. The fourth-order valence-corrected chi connectivity index (χ4v) is 2.88. The molecule has 0 unspecified atom stereocenters. The van der Waals surface area contributed by atoms with Crippen LogP contribution in [0.2, 0.25) is 0 Å². The highest BCUT2D eigenvalue weighted by Crippen LogP contribution is 2.36. The Balaban J connectivity index is 1.90. The van der Waals surface area contributed by atoms with Crippen LogP contribution in [0.25, 0.3) is 6.08 Å². The van der Waals surface area contributed by atoms with Gasteiger partial charge in [-0.15, -0.1) is 0 Å². The Morgan fingerprint density at radius 1 is 1.41 bits per heavy atom. The zero-order valence-corrected chi connectivity index (χ0v) is 15.1. The molecule has 1 atom stereocenters. The SMILES string of the molecule is CCOc1cc2c(cc1/C=C(\C#N)C(=O)Nc1ccc(F)cc1)O[C@H](C)C2. The first-order chi connectivity index (χ1) is 13.0. The van der Waals surface area contributed by atoms with E-state index >= 15 is 0 Å². The standard InChI is InChI=1S/C21H19FN2O3/c1-3-26-19-10-14-8-13(2)27-20(14)11-15(19)9-16(12-23)21(25)24-18-6-4-17(22)5-7-18/h4-7,9-11,13H,3,8H2,1-2H3,(H,24,25)/b16-9+/t13-/m1/s1. The van der Waals surface area contributed by atoms with Crippen molar-refractivity contribution in [3.63, 3.8) is 0 Å². The van der Waals surface area contributed by atoms with Gasteiger partial charge in [0.05, 0.1) is 6.61 Å². The normalized spacial score (nSPS) is 15.5. The maximum atomic E-state index is 13.0. The van der Waals surface area contributed by atoms with Gasteiger partial charge in [-0.2, -0.15) is 5.26 Å². The van der Waals surface area contributed by atoms with Crippen molar-refractivity contribution in [1.29, 1.82) is 5.26 Å². The Kier molecular flexibility index (Phi) is 5.41. The topological polar surface area (TPSA) is 71.3 Å². The van der Waals surface area contributed by atoms with Crippen LogP contribution in [0.3, 0.4) is 0 Å². The van der Waals surface area contributed by atoms with Crippen LogP contribution in [-0.2, 0) is 11.2 Å². The number of benzene rings is 2. The van der Waals surface area contributed by atoms with Crippen LogP contribution < -0.4 is 14.8 Å². The van der Waals surface area contributed by atoms with E-state index in [1.54, 1.807) is 6.07 Å². The lowest BCUT2D eigenvalue weighted by atomic mass is 10.0. The minimum atomic E-state index is -0.582. The van der Waals surface area contributed by atoms with Crippen molar-refractivity contribution in [2.45, 2.75) is 26.4 Å². The number of nitriles is 1. The maximum absolute atomic E-state index is 13.0. The molecule has 3 rings (SSSR count). The molecule has 2 aromatic rings. The molecule has 5 nitrogen and oxygen atoms in total. The van der Waals surface area contributed by atoms with Gasteiger partial charge < -0.3 is 14.8 Å². The number of amides is 1. The highest BCUT2D eigenvalue weighted by Gasteiger charge is 2.22. The average molecular weight is 366 g/mol. The zero-order valence-electron chi connectivity index (χ0n) is 15.1. The molecular formula is C21H19FN2O3. The molecule has 0 aliphatic carbocycles. The third-order valence-corrected chi connectivity index (χ3v) is 4.10. The van der Waals surface area contributed by atoms with Crippen molar-refractivity contribution in [3.05, 3.63) is 58.9 Å². The number of halogens is 1. The highest BCUT2D eigenvalue weighted by molar-refractivity contribution is 6.09. The molecule has 1 heterocycles. The number of ether oxygens (including phenoxy) is 2. The molecule has 2 aromatic carbocycles. The number of anilines is 1. The van der Waals surface area contributed by atoms with Crippen molar-refractivity contribution in [3.8, 4) is 17.6 Å². The van der Waals surface area contributed by atoms with Gasteiger partial charge in [0, 0.05) is 23.2 Å². The average Bonchev–Trinajstić information content (AvgIpc) is 3.00. The molecule has 0 spiro atoms. The second-order valence-corrected chi connectivity index (χ2v) is 6.19. The predicted octanol–water partition coefficient (Wildman–Crippen LogP) is 4.09. The maximum Gasteiger partial charge on any atom is 0.266 e. The van der Waals surface area contributed by atoms with Crippen molar-refractivity contribution >= 4 is 17.7 Å². The molecule has 6 heteroatoms. The molecule has 1 aliphatic rings. The quantitative estimate of drug-likeness (QED) is 0.639. The van der Waals surface area contributed by atoms with Crippen molar-refractivity contribution < 1.29 is 18.7 Å². The molecule has 1 N–H and O–H groups in total. The van der Waals surface area contributed by atoms with Gasteiger partial charge in [-0.1, -0.05) is 0 Å². The van der Waals surface area contributed by atoms with E-state index in [1.807, 2.05) is 26.0 Å². The van der Waals surface area contributed by atoms with Crippen LogP contribution in [0.5, 0.6) is 11.5 Å². The van der Waals surface area contributed by atoms with E-state index in [0.29, 0.717) is 23.6 Å². The van der Waals surface area contributed by atoms with Crippen molar-refractivity contribution in [2.75, 3.05) is 11.9 Å². The molecule has 0 saturated carbocycles. The summed E-state index contributed by atoms with van der Waals surface area (Å²) < 4.78 is 24.4. The zero-order chi connectivity index (χ0) is 19.4. The molecular weight excluding hydrogens is 347 g/mol. The first-order valence-electron chi connectivity index (χ1n) is 8.65. The number of fused-ring (bicyclic) bond motifs is 1. The van der Waals surface area contributed by atoms with Crippen LogP contribution in [0.1, 0.15) is 25.0 Å². The van der Waals surface area contributed by atoms with E-state index in [9.17, 15) is 14.4 Å². The third-order valence-electron chi connectivity index (χ3n) is 4.10. The predicted molar refractivity (Wildman–Crippen MR) is 100 cm³/mol. The molecule has 1 amide bonds. The molecule has 0 aromatic heterocycles. The summed E-state index contributed by atoms with van der Waals surface area (Å²) in [5.41, 5.74) is 1.94. The van der Waals surface area contributed by atoms with Crippen LogP contribution in [0.4, 0.5) is 10.1 Å². The smallest absolute Gasteiger partial charge is 0.266 e. The summed E-state index contributed by atoms with van der Waals surface area (Å²) in [6.45, 7) is 4.30. The largest absolute Gasteiger partial charge is 0.493 e. The molecule has 0 fully saturated rings. The lowest BCUT2D eigenvalue weighted by molar-refractivity contribution is -0.112. The van der Waals surface area contributed by atoms with Gasteiger partial charge in [-0.05, 0) is 56.3 Å². The lowest BCUT2D eigenvalue weighted by Crippen LogP contribution is -2.13. The number of nitrogens with one attached hydrogen (secondary N) is 1. The van der Waals surface area contributed by atoms with Crippen LogP contribution >= 0.6 is 0 Å². The third kappa shape index (κ3) is 4.26. The Labute approximate surface area is 157 Å². The molecule has 138 valence electrons. The second-order valence-electron chi connectivity index (χ2n) is 6.19.